The fourth-order valence-corrected chi connectivity index (χ4v) is 3.14. The van der Waals surface area contributed by atoms with Crippen LogP contribution < -0.4 is 5.73 Å². The van der Waals surface area contributed by atoms with Crippen LogP contribution in [0.2, 0.25) is 0 Å². The number of benzene rings is 1. The average Bonchev–Trinajstić information content (AvgIpc) is 3.29. The molecule has 0 bridgehead atoms. The Balaban J connectivity index is 2.11. The van der Waals surface area contributed by atoms with Gasteiger partial charge in [-0.15, -0.1) is 0 Å². The van der Waals surface area contributed by atoms with Crippen LogP contribution in [0, 0.1) is 0 Å². The molecule has 3 rings (SSSR count). The number of carbonyl (C=O) groups is 1. The molecule has 0 unspecified atom stereocenters. The molecule has 2 aromatic rings. The monoisotopic (exact) mass is 333 g/mol. The summed E-state index contributed by atoms with van der Waals surface area (Å²) >= 11 is 0. The van der Waals surface area contributed by atoms with E-state index in [2.05, 4.69) is 18.9 Å². The molecule has 0 spiro atoms. The zero-order chi connectivity index (χ0) is 17.4. The summed E-state index contributed by atoms with van der Waals surface area (Å²) in [6.07, 6.45) is -0.655. The molecule has 1 aliphatic carbocycles. The van der Waals surface area contributed by atoms with Gasteiger partial charge >= 0.3 is 0 Å². The Hall–Kier alpha value is -2.24. The molecule has 1 amide bonds. The molecule has 1 heterocycles. The second-order valence-corrected chi connectivity index (χ2v) is 6.58. The molecule has 2 N–H and O–H groups in total. The van der Waals surface area contributed by atoms with Crippen molar-refractivity contribution in [1.82, 2.24) is 9.78 Å². The Bertz CT molecular complexity index is 764. The van der Waals surface area contributed by atoms with E-state index in [-0.39, 0.29) is 11.6 Å². The standard InChI is InChI=1S/C18H21F2N3O/c1-10(2)13-6-4-3-5-11(13)9-14-15(18(21)24)16(17(19)20)22-23(14)12-7-8-12/h3-6,10,12,17H,7-9H2,1-2H3,(H2,21,24). The van der Waals surface area contributed by atoms with Crippen LogP contribution in [0.1, 0.15) is 77.9 Å². The maximum Gasteiger partial charge on any atom is 0.282 e. The predicted molar refractivity (Wildman–Crippen MR) is 87.3 cm³/mol. The highest BCUT2D eigenvalue weighted by Gasteiger charge is 2.34. The lowest BCUT2D eigenvalue weighted by molar-refractivity contribution is 0.0984. The molecule has 1 aromatic carbocycles. The number of halogens is 2. The quantitative estimate of drug-likeness (QED) is 0.869. The Morgan fingerprint density at radius 1 is 1.33 bits per heavy atom. The number of hydrogen-bond acceptors (Lipinski definition) is 2. The van der Waals surface area contributed by atoms with Crippen molar-refractivity contribution in [2.24, 2.45) is 5.73 Å². The Kier molecular flexibility index (Phi) is 4.39. The number of hydrogen-bond donors (Lipinski definition) is 1. The van der Waals surface area contributed by atoms with E-state index < -0.39 is 18.0 Å². The van der Waals surface area contributed by atoms with Crippen LogP contribution in [0.25, 0.3) is 0 Å². The van der Waals surface area contributed by atoms with E-state index in [9.17, 15) is 13.6 Å². The number of nitrogens with two attached hydrogens (primary N) is 1. The highest BCUT2D eigenvalue weighted by molar-refractivity contribution is 5.95. The van der Waals surface area contributed by atoms with Crippen molar-refractivity contribution >= 4 is 5.91 Å². The largest absolute Gasteiger partial charge is 0.365 e. The highest BCUT2D eigenvalue weighted by atomic mass is 19.3. The van der Waals surface area contributed by atoms with Gasteiger partial charge in [-0.1, -0.05) is 38.1 Å². The number of aromatic nitrogens is 2. The van der Waals surface area contributed by atoms with Crippen LogP contribution in [0.4, 0.5) is 8.78 Å². The van der Waals surface area contributed by atoms with Gasteiger partial charge < -0.3 is 5.73 Å². The van der Waals surface area contributed by atoms with E-state index in [0.717, 1.165) is 24.0 Å². The zero-order valence-corrected chi connectivity index (χ0v) is 13.8. The molecule has 0 radical (unpaired) electrons. The maximum atomic E-state index is 13.3. The molecule has 6 heteroatoms. The SMILES string of the molecule is CC(C)c1ccccc1Cc1c(C(N)=O)c(C(F)F)nn1C1CC1. The minimum absolute atomic E-state index is 0.0943. The topological polar surface area (TPSA) is 60.9 Å². The van der Waals surface area contributed by atoms with Gasteiger partial charge in [-0.25, -0.2) is 8.78 Å². The normalized spacial score (nSPS) is 14.6. The van der Waals surface area contributed by atoms with E-state index in [0.29, 0.717) is 18.0 Å². The minimum Gasteiger partial charge on any atom is -0.365 e. The molecule has 24 heavy (non-hydrogen) atoms. The smallest absolute Gasteiger partial charge is 0.282 e. The van der Waals surface area contributed by atoms with E-state index in [1.165, 1.54) is 0 Å². The Labute approximate surface area is 139 Å². The molecular formula is C18H21F2N3O. The summed E-state index contributed by atoms with van der Waals surface area (Å²) in [6, 6.07) is 7.95. The molecular weight excluding hydrogens is 312 g/mol. The highest BCUT2D eigenvalue weighted by Crippen LogP contribution is 2.39. The van der Waals surface area contributed by atoms with E-state index >= 15 is 0 Å². The van der Waals surface area contributed by atoms with Crippen LogP contribution in [-0.2, 0) is 6.42 Å². The van der Waals surface area contributed by atoms with Crippen molar-refractivity contribution < 1.29 is 13.6 Å². The summed E-state index contributed by atoms with van der Waals surface area (Å²) in [5.74, 6) is -0.542. The summed E-state index contributed by atoms with van der Waals surface area (Å²) in [5, 5.41) is 4.03. The first-order chi connectivity index (χ1) is 11.4. The molecule has 0 atom stereocenters. The molecule has 0 saturated heterocycles. The van der Waals surface area contributed by atoms with Crippen LogP contribution >= 0.6 is 0 Å². The second-order valence-electron chi connectivity index (χ2n) is 6.58. The Morgan fingerprint density at radius 3 is 2.54 bits per heavy atom. The van der Waals surface area contributed by atoms with Gasteiger partial charge in [-0.05, 0) is 29.9 Å². The second kappa shape index (κ2) is 6.34. The zero-order valence-electron chi connectivity index (χ0n) is 13.8. The van der Waals surface area contributed by atoms with Gasteiger partial charge in [0.25, 0.3) is 12.3 Å². The van der Waals surface area contributed by atoms with Crippen molar-refractivity contribution in [2.75, 3.05) is 0 Å². The van der Waals surface area contributed by atoms with Crippen molar-refractivity contribution in [3.8, 4) is 0 Å². The lowest BCUT2D eigenvalue weighted by atomic mass is 9.93. The van der Waals surface area contributed by atoms with Gasteiger partial charge in [0.2, 0.25) is 0 Å². The number of rotatable bonds is 6. The average molecular weight is 333 g/mol. The van der Waals surface area contributed by atoms with Crippen molar-refractivity contribution in [2.45, 2.75) is 51.5 Å². The molecule has 1 aliphatic rings. The first-order valence-corrected chi connectivity index (χ1v) is 8.17. The van der Waals surface area contributed by atoms with Crippen molar-refractivity contribution in [3.63, 3.8) is 0 Å². The van der Waals surface area contributed by atoms with Gasteiger partial charge in [0.05, 0.1) is 17.3 Å². The first kappa shape index (κ1) is 16.6. The third-order valence-corrected chi connectivity index (χ3v) is 4.42. The summed E-state index contributed by atoms with van der Waals surface area (Å²) in [7, 11) is 0. The van der Waals surface area contributed by atoms with Crippen LogP contribution in [0.3, 0.4) is 0 Å². The molecule has 0 aliphatic heterocycles. The summed E-state index contributed by atoms with van der Waals surface area (Å²) in [6.45, 7) is 4.16. The van der Waals surface area contributed by atoms with Gasteiger partial charge in [0.15, 0.2) is 0 Å². The number of amides is 1. The molecule has 1 saturated carbocycles. The van der Waals surface area contributed by atoms with Crippen molar-refractivity contribution in [3.05, 3.63) is 52.3 Å². The van der Waals surface area contributed by atoms with Gasteiger partial charge in [0, 0.05) is 6.42 Å². The third kappa shape index (κ3) is 3.05. The molecule has 1 aromatic heterocycles. The van der Waals surface area contributed by atoms with Gasteiger partial charge in [-0.3, -0.25) is 9.48 Å². The third-order valence-electron chi connectivity index (χ3n) is 4.42. The number of carbonyl (C=O) groups excluding carboxylic acids is 1. The molecule has 1 fully saturated rings. The van der Waals surface area contributed by atoms with Crippen molar-refractivity contribution in [1.29, 1.82) is 0 Å². The lowest BCUT2D eigenvalue weighted by Gasteiger charge is -2.14. The van der Waals surface area contributed by atoms with Crippen LogP contribution in [0.15, 0.2) is 24.3 Å². The number of alkyl halides is 2. The van der Waals surface area contributed by atoms with Gasteiger partial charge in [-0.2, -0.15) is 5.10 Å². The molecule has 4 nitrogen and oxygen atoms in total. The fraction of sp³-hybridized carbons (Fsp3) is 0.444. The molecule has 128 valence electrons. The summed E-state index contributed by atoms with van der Waals surface area (Å²) in [4.78, 5) is 11.8. The van der Waals surface area contributed by atoms with Crippen LogP contribution in [0.5, 0.6) is 0 Å². The van der Waals surface area contributed by atoms with E-state index in [1.54, 1.807) is 4.68 Å². The van der Waals surface area contributed by atoms with E-state index in [1.807, 2.05) is 24.3 Å². The minimum atomic E-state index is -2.81. The number of primary amides is 1. The fourth-order valence-electron chi connectivity index (χ4n) is 3.14. The van der Waals surface area contributed by atoms with E-state index in [4.69, 9.17) is 5.73 Å². The van der Waals surface area contributed by atoms with Gasteiger partial charge in [0.1, 0.15) is 5.69 Å². The first-order valence-electron chi connectivity index (χ1n) is 8.17. The lowest BCUT2D eigenvalue weighted by Crippen LogP contribution is -2.16. The summed E-state index contributed by atoms with van der Waals surface area (Å²) < 4.78 is 28.3. The maximum absolute atomic E-state index is 13.3. The van der Waals surface area contributed by atoms with Crippen LogP contribution in [-0.4, -0.2) is 15.7 Å². The number of nitrogens with zero attached hydrogens (tertiary/aromatic N) is 2. The predicted octanol–water partition coefficient (Wildman–Crippen LogP) is 3.97. The summed E-state index contributed by atoms with van der Waals surface area (Å²) in [5.41, 5.74) is 7.46. The Morgan fingerprint density at radius 2 is 2.00 bits per heavy atom.